The number of fused-ring (bicyclic) bond motifs is 3. The molecule has 0 spiro atoms. The summed E-state index contributed by atoms with van der Waals surface area (Å²) in [7, 11) is 0. The summed E-state index contributed by atoms with van der Waals surface area (Å²) in [6, 6.07) is 3.54. The normalized spacial score (nSPS) is 22.7. The number of hydrogen-bond acceptors (Lipinski definition) is 5. The third-order valence-electron chi connectivity index (χ3n) is 4.64. The molecular weight excluding hydrogens is 387 g/mol. The van der Waals surface area contributed by atoms with E-state index in [-0.39, 0.29) is 29.3 Å². The van der Waals surface area contributed by atoms with Crippen LogP contribution in [-0.2, 0) is 11.3 Å². The lowest BCUT2D eigenvalue weighted by Gasteiger charge is -2.31. The molecular formula is C17H15Cl2F2N3O2. The molecule has 0 saturated carbocycles. The molecule has 0 radical (unpaired) electrons. The van der Waals surface area contributed by atoms with Crippen LogP contribution in [0, 0.1) is 0 Å². The predicted octanol–water partition coefficient (Wildman–Crippen LogP) is 4.40. The zero-order valence-electron chi connectivity index (χ0n) is 13.7. The van der Waals surface area contributed by atoms with Crippen molar-refractivity contribution in [1.82, 2.24) is 14.9 Å². The van der Waals surface area contributed by atoms with Gasteiger partial charge in [-0.15, -0.1) is 0 Å². The molecule has 2 aliphatic rings. The lowest BCUT2D eigenvalue weighted by atomic mass is 9.99. The second-order valence-electron chi connectivity index (χ2n) is 6.22. The van der Waals surface area contributed by atoms with Gasteiger partial charge in [0.15, 0.2) is 6.61 Å². The molecule has 2 aromatic rings. The van der Waals surface area contributed by atoms with Crippen LogP contribution in [0.5, 0.6) is 5.88 Å². The summed E-state index contributed by atoms with van der Waals surface area (Å²) < 4.78 is 35.3. The van der Waals surface area contributed by atoms with Gasteiger partial charge in [0.2, 0.25) is 5.88 Å². The fraction of sp³-hybridized carbons (Fsp3) is 0.412. The summed E-state index contributed by atoms with van der Waals surface area (Å²) in [5.41, 5.74) is 2.86. The fourth-order valence-electron chi connectivity index (χ4n) is 3.23. The molecule has 1 fully saturated rings. The van der Waals surface area contributed by atoms with Crippen LogP contribution in [0.3, 0.4) is 0 Å². The minimum Gasteiger partial charge on any atom is -0.471 e. The van der Waals surface area contributed by atoms with E-state index >= 15 is 0 Å². The summed E-state index contributed by atoms with van der Waals surface area (Å²) in [6.07, 6.45) is 0.626. The van der Waals surface area contributed by atoms with Gasteiger partial charge in [-0.25, -0.2) is 18.7 Å². The largest absolute Gasteiger partial charge is 0.471 e. The van der Waals surface area contributed by atoms with E-state index in [0.717, 1.165) is 16.7 Å². The highest BCUT2D eigenvalue weighted by Gasteiger charge is 2.51. The van der Waals surface area contributed by atoms with Crippen LogP contribution in [-0.4, -0.2) is 34.1 Å². The minimum absolute atomic E-state index is 0.000278. The molecule has 5 nitrogen and oxygen atoms in total. The van der Waals surface area contributed by atoms with Crippen LogP contribution < -0.4 is 4.74 Å². The SMILES string of the molecule is CC(c1cnc(OCC(F)F)c(Cl)c1)N1Cc2c(ccnc2Cl)C2OC21. The number of rotatable bonds is 5. The molecule has 1 saturated heterocycles. The van der Waals surface area contributed by atoms with Gasteiger partial charge in [0, 0.05) is 30.5 Å². The van der Waals surface area contributed by atoms with E-state index in [1.807, 2.05) is 13.0 Å². The van der Waals surface area contributed by atoms with Gasteiger partial charge < -0.3 is 9.47 Å². The van der Waals surface area contributed by atoms with Crippen molar-refractivity contribution in [1.29, 1.82) is 0 Å². The number of aromatic nitrogens is 2. The Kier molecular flexibility index (Phi) is 4.73. The molecule has 0 aliphatic carbocycles. The van der Waals surface area contributed by atoms with Crippen molar-refractivity contribution < 1.29 is 18.3 Å². The highest BCUT2D eigenvalue weighted by atomic mass is 35.5. The molecule has 4 rings (SSSR count). The van der Waals surface area contributed by atoms with E-state index in [4.69, 9.17) is 32.7 Å². The maximum Gasteiger partial charge on any atom is 0.272 e. The number of ether oxygens (including phenoxy) is 2. The van der Waals surface area contributed by atoms with Crippen LogP contribution in [0.1, 0.15) is 35.8 Å². The van der Waals surface area contributed by atoms with Gasteiger partial charge in [-0.05, 0) is 30.2 Å². The maximum atomic E-state index is 12.3. The van der Waals surface area contributed by atoms with Gasteiger partial charge >= 0.3 is 0 Å². The van der Waals surface area contributed by atoms with Gasteiger partial charge in [-0.2, -0.15) is 0 Å². The monoisotopic (exact) mass is 401 g/mol. The summed E-state index contributed by atoms with van der Waals surface area (Å²) in [4.78, 5) is 10.4. The van der Waals surface area contributed by atoms with Crippen LogP contribution in [0.25, 0.3) is 0 Å². The van der Waals surface area contributed by atoms with Gasteiger partial charge in [-0.1, -0.05) is 23.2 Å². The Balaban J connectivity index is 1.54. The first kappa shape index (κ1) is 17.9. The molecule has 3 unspecified atom stereocenters. The zero-order valence-corrected chi connectivity index (χ0v) is 15.2. The molecule has 3 atom stereocenters. The molecule has 26 heavy (non-hydrogen) atoms. The molecule has 0 N–H and O–H groups in total. The Hall–Kier alpha value is -1.54. The van der Waals surface area contributed by atoms with Gasteiger partial charge in [0.25, 0.3) is 6.43 Å². The van der Waals surface area contributed by atoms with Crippen molar-refractivity contribution in [2.24, 2.45) is 0 Å². The standard InChI is InChI=1S/C17H15Cl2F2N3O2/c1-8(9-4-12(18)16(23-5-9)25-7-13(20)21)24-6-11-10(14-17(24)26-14)2-3-22-15(11)19/h2-5,8,13-14,17H,6-7H2,1H3. The first-order valence-electron chi connectivity index (χ1n) is 8.06. The number of epoxide rings is 1. The molecule has 0 bridgehead atoms. The molecule has 0 amide bonds. The van der Waals surface area contributed by atoms with E-state index in [9.17, 15) is 8.78 Å². The molecule has 138 valence electrons. The molecule has 9 heteroatoms. The summed E-state index contributed by atoms with van der Waals surface area (Å²) in [6.45, 7) is 1.85. The highest BCUT2D eigenvalue weighted by molar-refractivity contribution is 6.31. The third kappa shape index (κ3) is 3.24. The fourth-order valence-corrected chi connectivity index (χ4v) is 3.68. The first-order valence-corrected chi connectivity index (χ1v) is 8.82. The Bertz CT molecular complexity index is 840. The minimum atomic E-state index is -2.58. The topological polar surface area (TPSA) is 50.8 Å². The Morgan fingerprint density at radius 3 is 2.92 bits per heavy atom. The summed E-state index contributed by atoms with van der Waals surface area (Å²) in [5.74, 6) is -0.000278. The average molecular weight is 402 g/mol. The number of hydrogen-bond donors (Lipinski definition) is 0. The third-order valence-corrected chi connectivity index (χ3v) is 5.23. The lowest BCUT2D eigenvalue weighted by molar-refractivity contribution is 0.0795. The Morgan fingerprint density at radius 2 is 2.19 bits per heavy atom. The molecule has 0 aromatic carbocycles. The van der Waals surface area contributed by atoms with Crippen molar-refractivity contribution in [3.05, 3.63) is 51.4 Å². The summed E-state index contributed by atoms with van der Waals surface area (Å²) >= 11 is 12.4. The van der Waals surface area contributed by atoms with Crippen molar-refractivity contribution >= 4 is 23.2 Å². The van der Waals surface area contributed by atoms with Crippen LogP contribution in [0.15, 0.2) is 24.5 Å². The predicted molar refractivity (Wildman–Crippen MR) is 91.6 cm³/mol. The van der Waals surface area contributed by atoms with Gasteiger partial charge in [-0.3, -0.25) is 4.90 Å². The van der Waals surface area contributed by atoms with Crippen molar-refractivity contribution in [3.8, 4) is 5.88 Å². The quantitative estimate of drug-likeness (QED) is 0.548. The molecule has 2 aromatic heterocycles. The number of nitrogens with zero attached hydrogens (tertiary/aromatic N) is 3. The summed E-state index contributed by atoms with van der Waals surface area (Å²) in [5, 5.41) is 0.668. The lowest BCUT2D eigenvalue weighted by Crippen LogP contribution is -2.33. The second kappa shape index (κ2) is 6.88. The second-order valence-corrected chi connectivity index (χ2v) is 6.99. The smallest absolute Gasteiger partial charge is 0.272 e. The van der Waals surface area contributed by atoms with E-state index < -0.39 is 13.0 Å². The average Bonchev–Trinajstić information content (AvgIpc) is 3.40. The van der Waals surface area contributed by atoms with Crippen molar-refractivity contribution in [2.45, 2.75) is 38.3 Å². The van der Waals surface area contributed by atoms with Crippen molar-refractivity contribution in [2.75, 3.05) is 6.61 Å². The Morgan fingerprint density at radius 1 is 1.38 bits per heavy atom. The molecule has 4 heterocycles. The van der Waals surface area contributed by atoms with E-state index in [0.29, 0.717) is 11.7 Å². The van der Waals surface area contributed by atoms with Gasteiger partial charge in [0.05, 0.1) is 0 Å². The van der Waals surface area contributed by atoms with E-state index in [1.54, 1.807) is 18.5 Å². The first-order chi connectivity index (χ1) is 12.5. The van der Waals surface area contributed by atoms with E-state index in [1.165, 1.54) is 0 Å². The molecule has 2 aliphatic heterocycles. The number of pyridine rings is 2. The zero-order chi connectivity index (χ0) is 18.4. The Labute approximate surface area is 158 Å². The van der Waals surface area contributed by atoms with Crippen LogP contribution in [0.4, 0.5) is 8.78 Å². The van der Waals surface area contributed by atoms with Crippen LogP contribution in [0.2, 0.25) is 10.2 Å². The maximum absolute atomic E-state index is 12.3. The van der Waals surface area contributed by atoms with Crippen molar-refractivity contribution in [3.63, 3.8) is 0 Å². The highest BCUT2D eigenvalue weighted by Crippen LogP contribution is 2.50. The van der Waals surface area contributed by atoms with Crippen LogP contribution >= 0.6 is 23.2 Å². The van der Waals surface area contributed by atoms with Gasteiger partial charge in [0.1, 0.15) is 22.5 Å². The number of halogens is 4. The van der Waals surface area contributed by atoms with E-state index in [2.05, 4.69) is 14.9 Å². The number of alkyl halides is 2.